The number of amides is 1. The van der Waals surface area contributed by atoms with E-state index in [0.717, 1.165) is 42.2 Å². The van der Waals surface area contributed by atoms with Crippen LogP contribution in [0.1, 0.15) is 50.3 Å². The Morgan fingerprint density at radius 3 is 2.48 bits per heavy atom. The highest BCUT2D eigenvalue weighted by molar-refractivity contribution is 5.89. The van der Waals surface area contributed by atoms with E-state index in [-0.39, 0.29) is 5.91 Å². The Morgan fingerprint density at radius 1 is 1.19 bits per heavy atom. The minimum Gasteiger partial charge on any atom is -0.492 e. The van der Waals surface area contributed by atoms with Crippen molar-refractivity contribution in [3.05, 3.63) is 59.2 Å². The Balaban J connectivity index is 2.03. The van der Waals surface area contributed by atoms with Gasteiger partial charge in [0.2, 0.25) is 5.91 Å². The number of carbonyl (C=O) groups is 1. The Kier molecular flexibility index (Phi) is 7.86. The molecule has 0 bridgehead atoms. The van der Waals surface area contributed by atoms with Crippen LogP contribution in [0.15, 0.2) is 42.5 Å². The maximum atomic E-state index is 11.4. The average Bonchev–Trinajstić information content (AvgIpc) is 2.63. The fraction of sp³-hybridized carbons (Fsp3) is 0.435. The lowest BCUT2D eigenvalue weighted by molar-refractivity contribution is -0.114. The average molecular weight is 369 g/mol. The minimum atomic E-state index is -0.0547. The molecule has 0 atom stereocenters. The van der Waals surface area contributed by atoms with Gasteiger partial charge >= 0.3 is 0 Å². The SMILES string of the molecule is CCN(CCOc1cc(C)c(NC(C)=O)cc1C(C)C)Cc1ccccc1. The Labute approximate surface area is 163 Å². The fourth-order valence-electron chi connectivity index (χ4n) is 3.07. The van der Waals surface area contributed by atoms with Crippen molar-refractivity contribution in [1.82, 2.24) is 4.90 Å². The van der Waals surface area contributed by atoms with Crippen molar-refractivity contribution >= 4 is 11.6 Å². The number of ether oxygens (including phenoxy) is 1. The van der Waals surface area contributed by atoms with Crippen LogP contribution < -0.4 is 10.1 Å². The van der Waals surface area contributed by atoms with Gasteiger partial charge in [-0.05, 0) is 48.2 Å². The summed E-state index contributed by atoms with van der Waals surface area (Å²) >= 11 is 0. The summed E-state index contributed by atoms with van der Waals surface area (Å²) in [5, 5.41) is 2.90. The molecule has 2 aromatic rings. The van der Waals surface area contributed by atoms with Gasteiger partial charge in [0.05, 0.1) is 0 Å². The van der Waals surface area contributed by atoms with Crippen LogP contribution in [-0.4, -0.2) is 30.5 Å². The molecule has 0 aromatic heterocycles. The highest BCUT2D eigenvalue weighted by Gasteiger charge is 2.13. The van der Waals surface area contributed by atoms with Gasteiger partial charge in [0, 0.05) is 25.7 Å². The van der Waals surface area contributed by atoms with Crippen LogP contribution in [-0.2, 0) is 11.3 Å². The maximum absolute atomic E-state index is 11.4. The lowest BCUT2D eigenvalue weighted by atomic mass is 9.99. The molecule has 4 heteroatoms. The molecule has 0 radical (unpaired) electrons. The zero-order valence-corrected chi connectivity index (χ0v) is 17.2. The summed E-state index contributed by atoms with van der Waals surface area (Å²) in [6.07, 6.45) is 0. The van der Waals surface area contributed by atoms with Gasteiger partial charge in [-0.1, -0.05) is 51.1 Å². The van der Waals surface area contributed by atoms with Crippen LogP contribution in [0, 0.1) is 6.92 Å². The highest BCUT2D eigenvalue weighted by atomic mass is 16.5. The monoisotopic (exact) mass is 368 g/mol. The molecule has 1 N–H and O–H groups in total. The van der Waals surface area contributed by atoms with Crippen molar-refractivity contribution in [2.45, 2.75) is 47.1 Å². The number of anilines is 1. The van der Waals surface area contributed by atoms with E-state index in [0.29, 0.717) is 12.5 Å². The van der Waals surface area contributed by atoms with Crippen LogP contribution >= 0.6 is 0 Å². The second-order valence-electron chi connectivity index (χ2n) is 7.24. The molecule has 2 rings (SSSR count). The van der Waals surface area contributed by atoms with Crippen molar-refractivity contribution in [3.8, 4) is 5.75 Å². The van der Waals surface area contributed by atoms with Crippen molar-refractivity contribution in [2.75, 3.05) is 25.0 Å². The first-order valence-electron chi connectivity index (χ1n) is 9.72. The minimum absolute atomic E-state index is 0.0547. The van der Waals surface area contributed by atoms with E-state index >= 15 is 0 Å². The molecule has 0 aliphatic carbocycles. The van der Waals surface area contributed by atoms with Gasteiger partial charge in [0.25, 0.3) is 0 Å². The standard InChI is InChI=1S/C23H32N2O2/c1-6-25(16-20-10-8-7-9-11-20)12-13-27-23-14-18(4)22(24-19(5)26)15-21(23)17(2)3/h7-11,14-15,17H,6,12-13,16H2,1-5H3,(H,24,26). The molecule has 0 aliphatic rings. The normalized spacial score (nSPS) is 11.1. The smallest absolute Gasteiger partial charge is 0.221 e. The summed E-state index contributed by atoms with van der Waals surface area (Å²) in [7, 11) is 0. The summed E-state index contributed by atoms with van der Waals surface area (Å²) in [5.41, 5.74) is 4.31. The predicted molar refractivity (Wildman–Crippen MR) is 112 cm³/mol. The second-order valence-corrected chi connectivity index (χ2v) is 7.24. The summed E-state index contributed by atoms with van der Waals surface area (Å²) in [6, 6.07) is 14.6. The number of rotatable bonds is 9. The number of carbonyl (C=O) groups excluding carboxylic acids is 1. The van der Waals surface area contributed by atoms with Gasteiger partial charge in [0.15, 0.2) is 0 Å². The van der Waals surface area contributed by atoms with Crippen LogP contribution in [0.3, 0.4) is 0 Å². The predicted octanol–water partition coefficient (Wildman–Crippen LogP) is 4.98. The first-order valence-corrected chi connectivity index (χ1v) is 9.72. The first kappa shape index (κ1) is 21.0. The molecular formula is C23H32N2O2. The van der Waals surface area contributed by atoms with Gasteiger partial charge in [0.1, 0.15) is 12.4 Å². The maximum Gasteiger partial charge on any atom is 0.221 e. The molecule has 0 spiro atoms. The molecular weight excluding hydrogens is 336 g/mol. The lowest BCUT2D eigenvalue weighted by Crippen LogP contribution is -2.28. The molecule has 0 saturated carbocycles. The molecule has 0 aliphatic heterocycles. The van der Waals surface area contributed by atoms with E-state index in [1.165, 1.54) is 12.5 Å². The number of aryl methyl sites for hydroxylation is 1. The van der Waals surface area contributed by atoms with Gasteiger partial charge < -0.3 is 10.1 Å². The van der Waals surface area contributed by atoms with Crippen molar-refractivity contribution in [1.29, 1.82) is 0 Å². The largest absolute Gasteiger partial charge is 0.492 e. The van der Waals surface area contributed by atoms with Crippen LogP contribution in [0.5, 0.6) is 5.75 Å². The van der Waals surface area contributed by atoms with E-state index in [9.17, 15) is 4.79 Å². The fourth-order valence-corrected chi connectivity index (χ4v) is 3.07. The number of hydrogen-bond acceptors (Lipinski definition) is 3. The lowest BCUT2D eigenvalue weighted by Gasteiger charge is -2.22. The molecule has 0 saturated heterocycles. The summed E-state index contributed by atoms with van der Waals surface area (Å²) < 4.78 is 6.15. The number of nitrogens with one attached hydrogen (secondary N) is 1. The molecule has 0 fully saturated rings. The van der Waals surface area contributed by atoms with Gasteiger partial charge in [-0.2, -0.15) is 0 Å². The Bertz CT molecular complexity index is 742. The zero-order chi connectivity index (χ0) is 19.8. The van der Waals surface area contributed by atoms with Crippen molar-refractivity contribution < 1.29 is 9.53 Å². The third kappa shape index (κ3) is 6.40. The third-order valence-electron chi connectivity index (χ3n) is 4.65. The molecule has 0 unspecified atom stereocenters. The highest BCUT2D eigenvalue weighted by Crippen LogP contribution is 2.32. The van der Waals surface area contributed by atoms with E-state index in [2.05, 4.69) is 55.3 Å². The third-order valence-corrected chi connectivity index (χ3v) is 4.65. The first-order chi connectivity index (χ1) is 12.9. The van der Waals surface area contributed by atoms with Crippen molar-refractivity contribution in [2.24, 2.45) is 0 Å². The van der Waals surface area contributed by atoms with E-state index in [1.807, 2.05) is 25.1 Å². The van der Waals surface area contributed by atoms with Crippen LogP contribution in [0.25, 0.3) is 0 Å². The summed E-state index contributed by atoms with van der Waals surface area (Å²) in [6.45, 7) is 13.4. The Hall–Kier alpha value is -2.33. The topological polar surface area (TPSA) is 41.6 Å². The molecule has 146 valence electrons. The van der Waals surface area contributed by atoms with E-state index in [4.69, 9.17) is 4.74 Å². The number of hydrogen-bond donors (Lipinski definition) is 1. The van der Waals surface area contributed by atoms with E-state index in [1.54, 1.807) is 0 Å². The Morgan fingerprint density at radius 2 is 1.89 bits per heavy atom. The molecule has 2 aromatic carbocycles. The van der Waals surface area contributed by atoms with Gasteiger partial charge in [-0.25, -0.2) is 0 Å². The molecule has 27 heavy (non-hydrogen) atoms. The molecule has 1 amide bonds. The quantitative estimate of drug-likeness (QED) is 0.679. The van der Waals surface area contributed by atoms with Crippen LogP contribution in [0.2, 0.25) is 0 Å². The van der Waals surface area contributed by atoms with Gasteiger partial charge in [-0.3, -0.25) is 9.69 Å². The number of nitrogens with zero attached hydrogens (tertiary/aromatic N) is 1. The van der Waals surface area contributed by atoms with Crippen molar-refractivity contribution in [3.63, 3.8) is 0 Å². The summed E-state index contributed by atoms with van der Waals surface area (Å²) in [4.78, 5) is 13.8. The summed E-state index contributed by atoms with van der Waals surface area (Å²) in [5.74, 6) is 1.17. The molecule has 0 heterocycles. The zero-order valence-electron chi connectivity index (χ0n) is 17.2. The molecule has 4 nitrogen and oxygen atoms in total. The number of likely N-dealkylation sites (N-methyl/N-ethyl adjacent to an activating group) is 1. The second kappa shape index (κ2) is 10.1. The van der Waals surface area contributed by atoms with Crippen LogP contribution in [0.4, 0.5) is 5.69 Å². The number of benzene rings is 2. The van der Waals surface area contributed by atoms with Gasteiger partial charge in [-0.15, -0.1) is 0 Å². The van der Waals surface area contributed by atoms with E-state index < -0.39 is 0 Å².